The van der Waals surface area contributed by atoms with Crippen molar-refractivity contribution >= 4 is 5.91 Å². The first-order chi connectivity index (χ1) is 9.21. The molecule has 1 unspecified atom stereocenters. The standard InChI is InChI=1S/C14H21NO4/c1-4-13(14(16)15-8-9-17-2)19-12-7-5-6-11(10-12)18-3/h5-7,10,13H,4,8-9H2,1-3H3,(H,15,16). The second-order valence-corrected chi connectivity index (χ2v) is 3.98. The molecule has 0 aliphatic rings. The summed E-state index contributed by atoms with van der Waals surface area (Å²) in [7, 11) is 3.18. The number of carbonyl (C=O) groups is 1. The topological polar surface area (TPSA) is 56.8 Å². The number of benzene rings is 1. The van der Waals surface area contributed by atoms with Crippen LogP contribution in [-0.2, 0) is 9.53 Å². The van der Waals surface area contributed by atoms with E-state index in [4.69, 9.17) is 14.2 Å². The molecule has 5 heteroatoms. The number of amides is 1. The highest BCUT2D eigenvalue weighted by Gasteiger charge is 2.17. The van der Waals surface area contributed by atoms with Crippen LogP contribution in [0.1, 0.15) is 13.3 Å². The van der Waals surface area contributed by atoms with E-state index in [1.807, 2.05) is 19.1 Å². The molecule has 0 fully saturated rings. The number of nitrogens with one attached hydrogen (secondary N) is 1. The van der Waals surface area contributed by atoms with Crippen molar-refractivity contribution in [3.8, 4) is 11.5 Å². The SMILES string of the molecule is CCC(Oc1cccc(OC)c1)C(=O)NCCOC. The summed E-state index contributed by atoms with van der Waals surface area (Å²) in [6.45, 7) is 2.87. The van der Waals surface area contributed by atoms with Gasteiger partial charge in [0.15, 0.2) is 6.10 Å². The Balaban J connectivity index is 2.57. The minimum absolute atomic E-state index is 0.137. The summed E-state index contributed by atoms with van der Waals surface area (Å²) in [4.78, 5) is 11.9. The predicted molar refractivity (Wildman–Crippen MR) is 72.6 cm³/mol. The summed E-state index contributed by atoms with van der Waals surface area (Å²) in [6.07, 6.45) is 0.0831. The maximum absolute atomic E-state index is 11.9. The van der Waals surface area contributed by atoms with Crippen LogP contribution in [0.4, 0.5) is 0 Å². The van der Waals surface area contributed by atoms with Crippen molar-refractivity contribution in [2.24, 2.45) is 0 Å². The largest absolute Gasteiger partial charge is 0.497 e. The molecular weight excluding hydrogens is 246 g/mol. The quantitative estimate of drug-likeness (QED) is 0.727. The van der Waals surface area contributed by atoms with Gasteiger partial charge < -0.3 is 19.5 Å². The lowest BCUT2D eigenvalue weighted by atomic mass is 10.2. The normalized spacial score (nSPS) is 11.7. The molecule has 0 saturated heterocycles. The van der Waals surface area contributed by atoms with E-state index >= 15 is 0 Å². The molecule has 1 amide bonds. The van der Waals surface area contributed by atoms with Gasteiger partial charge in [0.2, 0.25) is 0 Å². The molecule has 5 nitrogen and oxygen atoms in total. The monoisotopic (exact) mass is 267 g/mol. The first-order valence-electron chi connectivity index (χ1n) is 6.28. The number of hydrogen-bond donors (Lipinski definition) is 1. The van der Waals surface area contributed by atoms with Crippen molar-refractivity contribution in [2.45, 2.75) is 19.4 Å². The highest BCUT2D eigenvalue weighted by Crippen LogP contribution is 2.20. The molecule has 19 heavy (non-hydrogen) atoms. The Morgan fingerprint density at radius 3 is 2.68 bits per heavy atom. The first-order valence-corrected chi connectivity index (χ1v) is 6.28. The van der Waals surface area contributed by atoms with Crippen LogP contribution < -0.4 is 14.8 Å². The van der Waals surface area contributed by atoms with Gasteiger partial charge in [-0.15, -0.1) is 0 Å². The summed E-state index contributed by atoms with van der Waals surface area (Å²) in [5.41, 5.74) is 0. The van der Waals surface area contributed by atoms with E-state index in [0.29, 0.717) is 31.1 Å². The lowest BCUT2D eigenvalue weighted by Gasteiger charge is -2.17. The summed E-state index contributed by atoms with van der Waals surface area (Å²) in [5, 5.41) is 2.76. The lowest BCUT2D eigenvalue weighted by molar-refractivity contribution is -0.128. The average Bonchev–Trinajstić information content (AvgIpc) is 2.45. The minimum Gasteiger partial charge on any atom is -0.497 e. The van der Waals surface area contributed by atoms with Gasteiger partial charge >= 0.3 is 0 Å². The summed E-state index contributed by atoms with van der Waals surface area (Å²) in [6, 6.07) is 7.20. The third-order valence-corrected chi connectivity index (χ3v) is 2.59. The molecule has 1 atom stereocenters. The number of methoxy groups -OCH3 is 2. The molecule has 1 rings (SSSR count). The summed E-state index contributed by atoms with van der Waals surface area (Å²) < 4.78 is 15.7. The van der Waals surface area contributed by atoms with Crippen molar-refractivity contribution in [3.63, 3.8) is 0 Å². The second-order valence-electron chi connectivity index (χ2n) is 3.98. The van der Waals surface area contributed by atoms with E-state index in [-0.39, 0.29) is 5.91 Å². The Labute approximate surface area is 113 Å². The maximum Gasteiger partial charge on any atom is 0.261 e. The van der Waals surface area contributed by atoms with Crippen LogP contribution in [0.25, 0.3) is 0 Å². The fourth-order valence-electron chi connectivity index (χ4n) is 1.55. The van der Waals surface area contributed by atoms with Gasteiger partial charge in [-0.3, -0.25) is 4.79 Å². The molecule has 0 heterocycles. The molecule has 0 aliphatic carbocycles. The fourth-order valence-corrected chi connectivity index (χ4v) is 1.55. The smallest absolute Gasteiger partial charge is 0.261 e. The van der Waals surface area contributed by atoms with E-state index in [9.17, 15) is 4.79 Å². The van der Waals surface area contributed by atoms with Gasteiger partial charge in [-0.2, -0.15) is 0 Å². The molecule has 1 aromatic carbocycles. The Morgan fingerprint density at radius 2 is 2.05 bits per heavy atom. The Kier molecular flexibility index (Phi) is 6.74. The third kappa shape index (κ3) is 5.18. The van der Waals surface area contributed by atoms with E-state index in [0.717, 1.165) is 0 Å². The lowest BCUT2D eigenvalue weighted by Crippen LogP contribution is -2.39. The number of ether oxygens (including phenoxy) is 3. The number of carbonyl (C=O) groups excluding carboxylic acids is 1. The van der Waals surface area contributed by atoms with Gasteiger partial charge in [-0.25, -0.2) is 0 Å². The van der Waals surface area contributed by atoms with Crippen molar-refractivity contribution in [1.82, 2.24) is 5.32 Å². The third-order valence-electron chi connectivity index (χ3n) is 2.59. The van der Waals surface area contributed by atoms with Gasteiger partial charge in [-0.05, 0) is 18.6 Å². The van der Waals surface area contributed by atoms with Crippen LogP contribution in [0.5, 0.6) is 11.5 Å². The molecule has 0 aliphatic heterocycles. The molecule has 1 N–H and O–H groups in total. The fraction of sp³-hybridized carbons (Fsp3) is 0.500. The Bertz CT molecular complexity index is 395. The maximum atomic E-state index is 11.9. The van der Waals surface area contributed by atoms with E-state index < -0.39 is 6.10 Å². The summed E-state index contributed by atoms with van der Waals surface area (Å²) in [5.74, 6) is 1.18. The van der Waals surface area contributed by atoms with Crippen molar-refractivity contribution in [1.29, 1.82) is 0 Å². The highest BCUT2D eigenvalue weighted by atomic mass is 16.5. The number of hydrogen-bond acceptors (Lipinski definition) is 4. The van der Waals surface area contributed by atoms with Crippen molar-refractivity contribution in [3.05, 3.63) is 24.3 Å². The van der Waals surface area contributed by atoms with Crippen LogP contribution in [0.15, 0.2) is 24.3 Å². The molecule has 1 aromatic rings. The van der Waals surface area contributed by atoms with Gasteiger partial charge in [0.1, 0.15) is 11.5 Å². The molecular formula is C14H21NO4. The van der Waals surface area contributed by atoms with Gasteiger partial charge in [0, 0.05) is 19.7 Å². The average molecular weight is 267 g/mol. The van der Waals surface area contributed by atoms with E-state index in [1.165, 1.54) is 0 Å². The van der Waals surface area contributed by atoms with Crippen LogP contribution in [0.2, 0.25) is 0 Å². The van der Waals surface area contributed by atoms with Gasteiger partial charge in [-0.1, -0.05) is 13.0 Å². The molecule has 0 radical (unpaired) electrons. The molecule has 0 bridgehead atoms. The molecule has 106 valence electrons. The van der Waals surface area contributed by atoms with Crippen LogP contribution in [-0.4, -0.2) is 39.4 Å². The van der Waals surface area contributed by atoms with Gasteiger partial charge in [0.25, 0.3) is 5.91 Å². The van der Waals surface area contributed by atoms with E-state index in [2.05, 4.69) is 5.32 Å². The Hall–Kier alpha value is -1.75. The molecule has 0 aromatic heterocycles. The predicted octanol–water partition coefficient (Wildman–Crippen LogP) is 1.62. The summed E-state index contributed by atoms with van der Waals surface area (Å²) >= 11 is 0. The first kappa shape index (κ1) is 15.3. The Morgan fingerprint density at radius 1 is 1.32 bits per heavy atom. The molecule has 0 spiro atoms. The van der Waals surface area contributed by atoms with Crippen molar-refractivity contribution < 1.29 is 19.0 Å². The second kappa shape index (κ2) is 8.37. The zero-order valence-corrected chi connectivity index (χ0v) is 11.6. The van der Waals surface area contributed by atoms with E-state index in [1.54, 1.807) is 26.4 Å². The van der Waals surface area contributed by atoms with Gasteiger partial charge in [0.05, 0.1) is 13.7 Å². The zero-order valence-electron chi connectivity index (χ0n) is 11.6. The zero-order chi connectivity index (χ0) is 14.1. The van der Waals surface area contributed by atoms with Crippen LogP contribution in [0, 0.1) is 0 Å². The molecule has 0 saturated carbocycles. The van der Waals surface area contributed by atoms with Crippen LogP contribution in [0.3, 0.4) is 0 Å². The minimum atomic E-state index is -0.510. The van der Waals surface area contributed by atoms with Crippen LogP contribution >= 0.6 is 0 Å². The van der Waals surface area contributed by atoms with Crippen molar-refractivity contribution in [2.75, 3.05) is 27.4 Å². The number of rotatable bonds is 8. The highest BCUT2D eigenvalue weighted by molar-refractivity contribution is 5.81.